The molecule has 60 valence electrons. The van der Waals surface area contributed by atoms with Gasteiger partial charge in [0.05, 0.1) is 0 Å². The van der Waals surface area contributed by atoms with Crippen molar-refractivity contribution in [3.63, 3.8) is 0 Å². The Kier molecular flexibility index (Phi) is 7.39. The molecular weight excluding hydrogens is 166 g/mol. The number of rotatable bonds is 5. The van der Waals surface area contributed by atoms with E-state index in [9.17, 15) is 0 Å². The van der Waals surface area contributed by atoms with Crippen molar-refractivity contribution >= 4 is 29.2 Å². The zero-order chi connectivity index (χ0) is 7.82. The van der Waals surface area contributed by atoms with Crippen molar-refractivity contribution < 1.29 is 0 Å². The molecule has 0 bridgehead atoms. The number of nitrogens with two attached hydrogens (primary N) is 1. The second-order valence-electron chi connectivity index (χ2n) is 1.77. The molecule has 0 unspecified atom stereocenters. The van der Waals surface area contributed by atoms with Gasteiger partial charge in [-0.2, -0.15) is 0 Å². The van der Waals surface area contributed by atoms with E-state index in [1.165, 1.54) is 0 Å². The second-order valence-corrected chi connectivity index (χ2v) is 2.93. The highest BCUT2D eigenvalue weighted by molar-refractivity contribution is 8.11. The fraction of sp³-hybridized carbons (Fsp3) is 0.800. The van der Waals surface area contributed by atoms with Gasteiger partial charge in [-0.05, 0) is 0 Å². The van der Waals surface area contributed by atoms with Crippen LogP contribution in [0.4, 0.5) is 0 Å². The average molecular weight is 179 g/mol. The van der Waals surface area contributed by atoms with Crippen molar-refractivity contribution in [3.05, 3.63) is 0 Å². The van der Waals surface area contributed by atoms with Crippen LogP contribution in [0.5, 0.6) is 0 Å². The molecular formula is C5H13N3S2. The Bertz CT molecular complexity index is 96.9. The summed E-state index contributed by atoms with van der Waals surface area (Å²) >= 11 is 8.57. The topological polar surface area (TPSA) is 50.1 Å². The van der Waals surface area contributed by atoms with Gasteiger partial charge >= 0.3 is 0 Å². The summed E-state index contributed by atoms with van der Waals surface area (Å²) in [7, 11) is 0. The van der Waals surface area contributed by atoms with E-state index in [4.69, 9.17) is 5.73 Å². The first-order valence-electron chi connectivity index (χ1n) is 3.15. The molecule has 10 heavy (non-hydrogen) atoms. The quantitative estimate of drug-likeness (QED) is 0.257. The summed E-state index contributed by atoms with van der Waals surface area (Å²) in [5, 5.41) is 6.01. The Labute approximate surface area is 72.2 Å². The van der Waals surface area contributed by atoms with E-state index in [-0.39, 0.29) is 0 Å². The van der Waals surface area contributed by atoms with E-state index in [0.29, 0.717) is 10.9 Å². The molecule has 0 spiro atoms. The minimum atomic E-state index is 0.537. The summed E-state index contributed by atoms with van der Waals surface area (Å²) in [6.45, 7) is 3.20. The van der Waals surface area contributed by atoms with Crippen LogP contribution in [0.15, 0.2) is 0 Å². The third kappa shape index (κ3) is 8.16. The summed E-state index contributed by atoms with van der Waals surface area (Å²) in [5.74, 6) is 0. The largest absolute Gasteiger partial charge is 0.370 e. The van der Waals surface area contributed by atoms with Crippen LogP contribution in [0, 0.1) is 0 Å². The zero-order valence-electron chi connectivity index (χ0n) is 5.76. The van der Waals surface area contributed by atoms with Gasteiger partial charge < -0.3 is 16.4 Å². The van der Waals surface area contributed by atoms with E-state index in [1.807, 2.05) is 0 Å². The number of nitrogens with one attached hydrogen (secondary N) is 2. The monoisotopic (exact) mass is 179 g/mol. The molecule has 0 aliphatic rings. The maximum Gasteiger partial charge on any atom is 0.130 e. The van der Waals surface area contributed by atoms with Gasteiger partial charge in [-0.25, -0.2) is 0 Å². The van der Waals surface area contributed by atoms with Gasteiger partial charge in [-0.15, -0.1) is 12.6 Å². The summed E-state index contributed by atoms with van der Waals surface area (Å²) in [6.07, 6.45) is 0. The molecule has 3 nitrogen and oxygen atoms in total. The van der Waals surface area contributed by atoms with E-state index < -0.39 is 0 Å². The van der Waals surface area contributed by atoms with Gasteiger partial charge in [0, 0.05) is 26.2 Å². The predicted molar refractivity (Wildman–Crippen MR) is 51.5 cm³/mol. The van der Waals surface area contributed by atoms with Gasteiger partial charge in [-0.1, -0.05) is 12.2 Å². The fourth-order valence-corrected chi connectivity index (χ4v) is 0.699. The first-order chi connectivity index (χ1) is 4.77. The van der Waals surface area contributed by atoms with Crippen LogP contribution >= 0.6 is 24.8 Å². The Balaban J connectivity index is 2.84. The van der Waals surface area contributed by atoms with E-state index in [0.717, 1.165) is 19.6 Å². The zero-order valence-corrected chi connectivity index (χ0v) is 7.47. The summed E-state index contributed by atoms with van der Waals surface area (Å²) in [4.78, 5) is 0. The van der Waals surface area contributed by atoms with Crippen molar-refractivity contribution in [1.82, 2.24) is 10.6 Å². The van der Waals surface area contributed by atoms with Crippen LogP contribution in [0.2, 0.25) is 0 Å². The fourth-order valence-electron chi connectivity index (χ4n) is 0.485. The van der Waals surface area contributed by atoms with Gasteiger partial charge in [-0.3, -0.25) is 0 Å². The molecule has 0 atom stereocenters. The van der Waals surface area contributed by atoms with Gasteiger partial charge in [0.15, 0.2) is 0 Å². The molecule has 0 aliphatic heterocycles. The van der Waals surface area contributed by atoms with Crippen molar-refractivity contribution in [2.45, 2.75) is 0 Å². The lowest BCUT2D eigenvalue weighted by atomic mass is 10.5. The molecule has 0 saturated heterocycles. The van der Waals surface area contributed by atoms with E-state index in [2.05, 4.69) is 35.5 Å². The van der Waals surface area contributed by atoms with Gasteiger partial charge in [0.2, 0.25) is 0 Å². The Morgan fingerprint density at radius 1 is 1.40 bits per heavy atom. The molecule has 0 aromatic carbocycles. The predicted octanol–water partition coefficient (Wildman–Crippen LogP) is -0.661. The number of hydrogen-bond acceptors (Lipinski definition) is 3. The Hall–Kier alpha value is 0.160. The molecule has 4 N–H and O–H groups in total. The van der Waals surface area contributed by atoms with Crippen molar-refractivity contribution in [3.8, 4) is 0 Å². The molecule has 0 amide bonds. The smallest absolute Gasteiger partial charge is 0.130 e. The van der Waals surface area contributed by atoms with Crippen LogP contribution in [0.1, 0.15) is 0 Å². The van der Waals surface area contributed by atoms with Crippen LogP contribution < -0.4 is 16.4 Å². The Morgan fingerprint density at radius 2 is 2.10 bits per heavy atom. The third-order valence-corrected chi connectivity index (χ3v) is 1.20. The normalized spacial score (nSPS) is 9.40. The molecule has 0 aliphatic carbocycles. The highest BCUT2D eigenvalue weighted by Gasteiger charge is 1.85. The standard InChI is InChI=1S/C5H13N3S2/c6-1-2-7-3-4-8-5(9)10/h7H,1-4,6H2,(H2,8,9,10). The number of thiol groups is 1. The van der Waals surface area contributed by atoms with Crippen LogP contribution in [-0.4, -0.2) is 30.5 Å². The maximum atomic E-state index is 5.25. The number of hydrogen-bond donors (Lipinski definition) is 4. The second kappa shape index (κ2) is 7.27. The average Bonchev–Trinajstić information content (AvgIpc) is 1.87. The van der Waals surface area contributed by atoms with Crippen LogP contribution in [0.3, 0.4) is 0 Å². The van der Waals surface area contributed by atoms with Crippen molar-refractivity contribution in [2.24, 2.45) is 5.73 Å². The molecule has 5 heteroatoms. The summed E-state index contributed by atoms with van der Waals surface area (Å²) in [6, 6.07) is 0. The highest BCUT2D eigenvalue weighted by Crippen LogP contribution is 1.74. The Morgan fingerprint density at radius 3 is 2.60 bits per heavy atom. The molecule has 0 radical (unpaired) electrons. The summed E-state index contributed by atoms with van der Waals surface area (Å²) in [5.41, 5.74) is 5.25. The van der Waals surface area contributed by atoms with Crippen molar-refractivity contribution in [1.29, 1.82) is 0 Å². The number of thiocarbonyl (C=S) groups is 1. The van der Waals surface area contributed by atoms with Gasteiger partial charge in [0.25, 0.3) is 0 Å². The highest BCUT2D eigenvalue weighted by atomic mass is 32.1. The van der Waals surface area contributed by atoms with Gasteiger partial charge in [0.1, 0.15) is 4.32 Å². The first kappa shape index (κ1) is 10.2. The minimum Gasteiger partial charge on any atom is -0.370 e. The lowest BCUT2D eigenvalue weighted by Crippen LogP contribution is -2.31. The minimum absolute atomic E-state index is 0.537. The lowest BCUT2D eigenvalue weighted by molar-refractivity contribution is 0.678. The summed E-state index contributed by atoms with van der Waals surface area (Å²) < 4.78 is 0.537. The van der Waals surface area contributed by atoms with E-state index in [1.54, 1.807) is 0 Å². The van der Waals surface area contributed by atoms with Crippen LogP contribution in [0.25, 0.3) is 0 Å². The van der Waals surface area contributed by atoms with Crippen LogP contribution in [-0.2, 0) is 0 Å². The molecule has 0 heterocycles. The molecule has 0 aromatic heterocycles. The lowest BCUT2D eigenvalue weighted by Gasteiger charge is -2.03. The molecule has 0 fully saturated rings. The molecule has 0 saturated carbocycles. The first-order valence-corrected chi connectivity index (χ1v) is 4.00. The van der Waals surface area contributed by atoms with Crippen molar-refractivity contribution in [2.75, 3.05) is 26.2 Å². The third-order valence-electron chi connectivity index (χ3n) is 0.899. The molecule has 0 aromatic rings. The molecule has 0 rings (SSSR count). The SMILES string of the molecule is NCCNCCNC(=S)S. The van der Waals surface area contributed by atoms with E-state index >= 15 is 0 Å². The maximum absolute atomic E-state index is 5.25.